The first-order valence-electron chi connectivity index (χ1n) is 7.44. The van der Waals surface area contributed by atoms with E-state index in [2.05, 4.69) is 10.6 Å². The summed E-state index contributed by atoms with van der Waals surface area (Å²) in [5, 5.41) is 15.6. The molecule has 0 spiro atoms. The van der Waals surface area contributed by atoms with E-state index in [0.717, 1.165) is 19.3 Å². The number of ether oxygens (including phenoxy) is 1. The molecular weight excluding hydrogens is 244 g/mol. The second-order valence-corrected chi connectivity index (χ2v) is 5.31. The zero-order chi connectivity index (χ0) is 14.1. The van der Waals surface area contributed by atoms with Crippen molar-refractivity contribution in [2.45, 2.75) is 64.2 Å². The lowest BCUT2D eigenvalue weighted by molar-refractivity contribution is -0.122. The lowest BCUT2D eigenvalue weighted by Crippen LogP contribution is -2.45. The minimum atomic E-state index is -0.554. The first kappa shape index (κ1) is 16.4. The van der Waals surface area contributed by atoms with Crippen LogP contribution >= 0.6 is 0 Å². The summed E-state index contributed by atoms with van der Waals surface area (Å²) < 4.78 is 5.63. The number of carbonyl (C=O) groups is 1. The largest absolute Gasteiger partial charge is 0.389 e. The van der Waals surface area contributed by atoms with Crippen molar-refractivity contribution in [2.75, 3.05) is 19.7 Å². The molecule has 1 fully saturated rings. The number of amides is 1. The lowest BCUT2D eigenvalue weighted by atomic mass is 10.2. The van der Waals surface area contributed by atoms with E-state index in [1.54, 1.807) is 6.92 Å². The third kappa shape index (κ3) is 6.89. The van der Waals surface area contributed by atoms with Gasteiger partial charge in [-0.25, -0.2) is 0 Å². The van der Waals surface area contributed by atoms with Crippen molar-refractivity contribution in [3.63, 3.8) is 0 Å². The molecule has 0 bridgehead atoms. The molecule has 0 aromatic carbocycles. The van der Waals surface area contributed by atoms with Crippen LogP contribution in [-0.2, 0) is 9.53 Å². The van der Waals surface area contributed by atoms with Gasteiger partial charge in [0, 0.05) is 13.1 Å². The van der Waals surface area contributed by atoms with Gasteiger partial charge in [-0.2, -0.15) is 0 Å². The Morgan fingerprint density at radius 2 is 2.11 bits per heavy atom. The third-order valence-corrected chi connectivity index (χ3v) is 3.43. The molecule has 2 unspecified atom stereocenters. The maximum atomic E-state index is 11.6. The molecule has 1 rings (SSSR count). The molecule has 5 nitrogen and oxygen atoms in total. The zero-order valence-corrected chi connectivity index (χ0v) is 12.2. The second kappa shape index (κ2) is 9.28. The van der Waals surface area contributed by atoms with Gasteiger partial charge in [-0.05, 0) is 26.2 Å². The quantitative estimate of drug-likeness (QED) is 0.581. The highest BCUT2D eigenvalue weighted by molar-refractivity contribution is 5.81. The monoisotopic (exact) mass is 272 g/mol. The van der Waals surface area contributed by atoms with Crippen LogP contribution in [0.1, 0.15) is 46.0 Å². The molecule has 0 heterocycles. The van der Waals surface area contributed by atoms with Crippen LogP contribution in [0.5, 0.6) is 0 Å². The van der Waals surface area contributed by atoms with E-state index in [9.17, 15) is 9.90 Å². The van der Waals surface area contributed by atoms with E-state index >= 15 is 0 Å². The van der Waals surface area contributed by atoms with Crippen molar-refractivity contribution in [1.82, 2.24) is 10.6 Å². The number of aliphatic hydroxyl groups is 1. The van der Waals surface area contributed by atoms with Crippen molar-refractivity contribution in [1.29, 1.82) is 0 Å². The first-order valence-corrected chi connectivity index (χ1v) is 7.44. The summed E-state index contributed by atoms with van der Waals surface area (Å²) in [5.74, 6) is -0.0224. The fraction of sp³-hybridized carbons (Fsp3) is 0.929. The van der Waals surface area contributed by atoms with E-state index in [-0.39, 0.29) is 11.9 Å². The van der Waals surface area contributed by atoms with Crippen molar-refractivity contribution >= 4 is 5.91 Å². The normalized spacial score (nSPS) is 19.3. The number of hydrogen-bond donors (Lipinski definition) is 3. The molecule has 1 saturated carbocycles. The number of nitrogens with one attached hydrogen (secondary N) is 2. The number of aliphatic hydroxyl groups excluding tert-OH is 1. The molecular formula is C14H28N2O3. The van der Waals surface area contributed by atoms with Crippen LogP contribution in [0.3, 0.4) is 0 Å². The van der Waals surface area contributed by atoms with Crippen molar-refractivity contribution in [3.8, 4) is 0 Å². The molecule has 0 saturated heterocycles. The highest BCUT2D eigenvalue weighted by Gasteiger charge is 2.18. The Labute approximate surface area is 116 Å². The molecule has 2 atom stereocenters. The van der Waals surface area contributed by atoms with Crippen LogP contribution in [0.4, 0.5) is 0 Å². The summed E-state index contributed by atoms with van der Waals surface area (Å²) in [7, 11) is 0. The van der Waals surface area contributed by atoms with E-state index in [0.29, 0.717) is 25.8 Å². The average molecular weight is 272 g/mol. The Morgan fingerprint density at radius 3 is 2.74 bits per heavy atom. The van der Waals surface area contributed by atoms with Gasteiger partial charge < -0.3 is 20.5 Å². The summed E-state index contributed by atoms with van der Waals surface area (Å²) in [5.41, 5.74) is 0. The van der Waals surface area contributed by atoms with Crippen LogP contribution in [0.2, 0.25) is 0 Å². The van der Waals surface area contributed by atoms with Gasteiger partial charge >= 0.3 is 0 Å². The summed E-state index contributed by atoms with van der Waals surface area (Å²) >= 11 is 0. The van der Waals surface area contributed by atoms with Gasteiger partial charge in [0.25, 0.3) is 0 Å². The van der Waals surface area contributed by atoms with Crippen LogP contribution in [0.15, 0.2) is 0 Å². The van der Waals surface area contributed by atoms with Gasteiger partial charge in [0.1, 0.15) is 0 Å². The minimum absolute atomic E-state index is 0.0224. The standard InChI is InChI=1S/C14H28N2O3/c1-3-8-15-14(18)11(2)16-9-12(17)10-19-13-6-4-5-7-13/h11-13,16-17H,3-10H2,1-2H3,(H,15,18). The summed E-state index contributed by atoms with van der Waals surface area (Å²) in [4.78, 5) is 11.6. The molecule has 19 heavy (non-hydrogen) atoms. The highest BCUT2D eigenvalue weighted by atomic mass is 16.5. The third-order valence-electron chi connectivity index (χ3n) is 3.43. The fourth-order valence-corrected chi connectivity index (χ4v) is 2.17. The van der Waals surface area contributed by atoms with Crippen molar-refractivity contribution in [3.05, 3.63) is 0 Å². The first-order chi connectivity index (χ1) is 9.13. The van der Waals surface area contributed by atoms with E-state index in [1.807, 2.05) is 6.92 Å². The summed E-state index contributed by atoms with van der Waals surface area (Å²) in [6, 6.07) is -0.285. The molecule has 5 heteroatoms. The molecule has 1 aliphatic rings. The van der Waals surface area contributed by atoms with Gasteiger partial charge in [0.05, 0.1) is 24.9 Å². The lowest BCUT2D eigenvalue weighted by Gasteiger charge is -2.18. The van der Waals surface area contributed by atoms with Crippen molar-refractivity contribution < 1.29 is 14.6 Å². The Kier molecular flexibility index (Phi) is 8.02. The maximum Gasteiger partial charge on any atom is 0.236 e. The molecule has 0 aromatic heterocycles. The zero-order valence-electron chi connectivity index (χ0n) is 12.2. The van der Waals surface area contributed by atoms with Crippen LogP contribution in [0.25, 0.3) is 0 Å². The molecule has 3 N–H and O–H groups in total. The van der Waals surface area contributed by atoms with E-state index < -0.39 is 6.10 Å². The molecule has 1 amide bonds. The SMILES string of the molecule is CCCNC(=O)C(C)NCC(O)COC1CCCC1. The van der Waals surface area contributed by atoms with Crippen LogP contribution < -0.4 is 10.6 Å². The number of rotatable bonds is 9. The Morgan fingerprint density at radius 1 is 1.42 bits per heavy atom. The fourth-order valence-electron chi connectivity index (χ4n) is 2.17. The average Bonchev–Trinajstić information content (AvgIpc) is 2.92. The van der Waals surface area contributed by atoms with Gasteiger partial charge in [0.15, 0.2) is 0 Å². The number of carbonyl (C=O) groups excluding carboxylic acids is 1. The Hall–Kier alpha value is -0.650. The van der Waals surface area contributed by atoms with Gasteiger partial charge in [-0.15, -0.1) is 0 Å². The molecule has 0 aliphatic heterocycles. The predicted molar refractivity (Wildman–Crippen MR) is 75.0 cm³/mol. The molecule has 0 aromatic rings. The maximum absolute atomic E-state index is 11.6. The van der Waals surface area contributed by atoms with Gasteiger partial charge in [0.2, 0.25) is 5.91 Å². The van der Waals surface area contributed by atoms with Gasteiger partial charge in [-0.3, -0.25) is 4.79 Å². The van der Waals surface area contributed by atoms with Crippen molar-refractivity contribution in [2.24, 2.45) is 0 Å². The van der Waals surface area contributed by atoms with Crippen LogP contribution in [0, 0.1) is 0 Å². The predicted octanol–water partition coefficient (Wildman–Crippen LogP) is 0.811. The topological polar surface area (TPSA) is 70.6 Å². The van der Waals surface area contributed by atoms with E-state index in [4.69, 9.17) is 4.74 Å². The molecule has 1 aliphatic carbocycles. The summed E-state index contributed by atoms with van der Waals surface area (Å²) in [6.07, 6.45) is 5.37. The number of hydrogen-bond acceptors (Lipinski definition) is 4. The van der Waals surface area contributed by atoms with E-state index in [1.165, 1.54) is 12.8 Å². The molecule has 112 valence electrons. The second-order valence-electron chi connectivity index (χ2n) is 5.31. The van der Waals surface area contributed by atoms with Crippen LogP contribution in [-0.4, -0.2) is 49.0 Å². The van der Waals surface area contributed by atoms with Gasteiger partial charge in [-0.1, -0.05) is 19.8 Å². The molecule has 0 radical (unpaired) electrons. The highest BCUT2D eigenvalue weighted by Crippen LogP contribution is 2.20. The summed E-state index contributed by atoms with van der Waals surface area (Å²) in [6.45, 7) is 5.24. The Bertz CT molecular complexity index is 255. The Balaban J connectivity index is 2.07. The smallest absolute Gasteiger partial charge is 0.236 e. The minimum Gasteiger partial charge on any atom is -0.389 e.